The lowest BCUT2D eigenvalue weighted by Gasteiger charge is -2.33. The standard InChI is InChI=1S/C7H6F6O2/c1-3(4(14)15)5(2,6(8,9)10)7(11,12)13/h1H2,2H3,(H,14,15). The summed E-state index contributed by atoms with van der Waals surface area (Å²) >= 11 is 0. The molecule has 0 aromatic carbocycles. The zero-order valence-electron chi connectivity index (χ0n) is 7.33. The Morgan fingerprint density at radius 2 is 1.33 bits per heavy atom. The minimum Gasteiger partial charge on any atom is -0.478 e. The van der Waals surface area contributed by atoms with Crippen molar-refractivity contribution in [3.05, 3.63) is 12.2 Å². The normalized spacial score (nSPS) is 13.8. The fourth-order valence-electron chi connectivity index (χ4n) is 0.717. The maximum atomic E-state index is 12.2. The van der Waals surface area contributed by atoms with E-state index in [9.17, 15) is 31.1 Å². The molecule has 0 unspecified atom stereocenters. The molecule has 0 fully saturated rings. The number of aliphatic carboxylic acids is 1. The summed E-state index contributed by atoms with van der Waals surface area (Å²) in [5, 5.41) is 8.14. The molecule has 0 rings (SSSR count). The number of rotatable bonds is 2. The van der Waals surface area contributed by atoms with E-state index in [1.54, 1.807) is 0 Å². The van der Waals surface area contributed by atoms with E-state index in [4.69, 9.17) is 5.11 Å². The summed E-state index contributed by atoms with van der Waals surface area (Å²) in [6, 6.07) is 0. The molecule has 0 heterocycles. The number of halogens is 6. The second-order valence-electron chi connectivity index (χ2n) is 2.90. The Labute approximate surface area is 80.2 Å². The van der Waals surface area contributed by atoms with Crippen molar-refractivity contribution >= 4 is 5.97 Å². The van der Waals surface area contributed by atoms with Crippen molar-refractivity contribution < 1.29 is 36.2 Å². The second-order valence-corrected chi connectivity index (χ2v) is 2.90. The van der Waals surface area contributed by atoms with Crippen LogP contribution in [0.4, 0.5) is 26.3 Å². The molecule has 0 aliphatic carbocycles. The van der Waals surface area contributed by atoms with Crippen molar-refractivity contribution in [3.63, 3.8) is 0 Å². The molecule has 0 aromatic heterocycles. The van der Waals surface area contributed by atoms with Crippen LogP contribution >= 0.6 is 0 Å². The van der Waals surface area contributed by atoms with Gasteiger partial charge in [0.25, 0.3) is 0 Å². The van der Waals surface area contributed by atoms with Gasteiger partial charge in [-0.15, -0.1) is 0 Å². The molecule has 8 heteroatoms. The van der Waals surface area contributed by atoms with E-state index < -0.39 is 29.3 Å². The van der Waals surface area contributed by atoms with Crippen LogP contribution in [0.1, 0.15) is 6.92 Å². The summed E-state index contributed by atoms with van der Waals surface area (Å²) in [5.74, 6) is -2.34. The molecule has 15 heavy (non-hydrogen) atoms. The first-order valence-corrected chi connectivity index (χ1v) is 3.42. The van der Waals surface area contributed by atoms with E-state index in [1.807, 2.05) is 0 Å². The molecule has 0 bridgehead atoms. The Bertz CT molecular complexity index is 273. The van der Waals surface area contributed by atoms with Gasteiger partial charge in [-0.2, -0.15) is 26.3 Å². The molecule has 0 spiro atoms. The smallest absolute Gasteiger partial charge is 0.407 e. The molecule has 1 N–H and O–H groups in total. The highest BCUT2D eigenvalue weighted by atomic mass is 19.4. The predicted octanol–water partition coefficient (Wildman–Crippen LogP) is 2.76. The lowest BCUT2D eigenvalue weighted by molar-refractivity contribution is -0.318. The third-order valence-electron chi connectivity index (χ3n) is 2.00. The lowest BCUT2D eigenvalue weighted by atomic mass is 9.81. The van der Waals surface area contributed by atoms with Crippen molar-refractivity contribution in [3.8, 4) is 0 Å². The van der Waals surface area contributed by atoms with Gasteiger partial charge >= 0.3 is 18.3 Å². The van der Waals surface area contributed by atoms with Gasteiger partial charge in [0.15, 0.2) is 5.41 Å². The van der Waals surface area contributed by atoms with Crippen LogP contribution < -0.4 is 0 Å². The number of hydrogen-bond donors (Lipinski definition) is 1. The third kappa shape index (κ3) is 2.07. The van der Waals surface area contributed by atoms with Crippen LogP contribution in [0.15, 0.2) is 12.2 Å². The maximum absolute atomic E-state index is 12.2. The first-order valence-electron chi connectivity index (χ1n) is 3.42. The Morgan fingerprint density at radius 1 is 1.07 bits per heavy atom. The monoisotopic (exact) mass is 236 g/mol. The van der Waals surface area contributed by atoms with Gasteiger partial charge in [0.1, 0.15) is 0 Å². The third-order valence-corrected chi connectivity index (χ3v) is 2.00. The molecule has 0 saturated heterocycles. The molecule has 0 amide bonds. The SMILES string of the molecule is C=C(C(=O)O)C(C)(C(F)(F)F)C(F)(F)F. The van der Waals surface area contributed by atoms with Gasteiger partial charge in [0.2, 0.25) is 0 Å². The van der Waals surface area contributed by atoms with Crippen molar-refractivity contribution in [2.45, 2.75) is 19.3 Å². The number of carboxylic acids is 1. The lowest BCUT2D eigenvalue weighted by Crippen LogP contribution is -2.50. The fourth-order valence-corrected chi connectivity index (χ4v) is 0.717. The predicted molar refractivity (Wildman–Crippen MR) is 37.0 cm³/mol. The molecule has 0 atom stereocenters. The average molecular weight is 236 g/mol. The Kier molecular flexibility index (Phi) is 3.15. The summed E-state index contributed by atoms with van der Waals surface area (Å²) in [7, 11) is 0. The fraction of sp³-hybridized carbons (Fsp3) is 0.571. The molecule has 0 aliphatic rings. The topological polar surface area (TPSA) is 37.3 Å². The van der Waals surface area contributed by atoms with Crippen molar-refractivity contribution in [2.24, 2.45) is 5.41 Å². The number of alkyl halides is 6. The summed E-state index contributed by atoms with van der Waals surface area (Å²) in [6.45, 7) is 2.06. The van der Waals surface area contributed by atoms with Gasteiger partial charge in [-0.25, -0.2) is 4.79 Å². The molecule has 0 aromatic rings. The van der Waals surface area contributed by atoms with Gasteiger partial charge in [-0.3, -0.25) is 0 Å². The van der Waals surface area contributed by atoms with Crippen molar-refractivity contribution in [2.75, 3.05) is 0 Å². The highest BCUT2D eigenvalue weighted by Gasteiger charge is 2.70. The minimum atomic E-state index is -5.76. The second kappa shape index (κ2) is 3.42. The summed E-state index contributed by atoms with van der Waals surface area (Å²) in [6.07, 6.45) is -11.5. The zero-order chi connectivity index (χ0) is 12.7. The van der Waals surface area contributed by atoms with Crippen LogP contribution in [0.25, 0.3) is 0 Å². The molecule has 0 radical (unpaired) electrons. The quantitative estimate of drug-likeness (QED) is 0.591. The van der Waals surface area contributed by atoms with Gasteiger partial charge in [0.05, 0.1) is 5.57 Å². The number of carbonyl (C=O) groups is 1. The largest absolute Gasteiger partial charge is 0.478 e. The van der Waals surface area contributed by atoms with Crippen molar-refractivity contribution in [1.29, 1.82) is 0 Å². The van der Waals surface area contributed by atoms with Gasteiger partial charge in [-0.1, -0.05) is 6.58 Å². The Morgan fingerprint density at radius 3 is 1.40 bits per heavy atom. The minimum absolute atomic E-state index is 0.260. The van der Waals surface area contributed by atoms with Crippen molar-refractivity contribution in [1.82, 2.24) is 0 Å². The Balaban J connectivity index is 5.64. The zero-order valence-corrected chi connectivity index (χ0v) is 7.33. The van der Waals surface area contributed by atoms with E-state index in [0.29, 0.717) is 0 Å². The highest BCUT2D eigenvalue weighted by Crippen LogP contribution is 2.54. The van der Waals surface area contributed by atoms with Gasteiger partial charge < -0.3 is 5.11 Å². The first-order chi connectivity index (χ1) is 6.35. The number of hydrogen-bond acceptors (Lipinski definition) is 1. The summed E-state index contributed by atoms with van der Waals surface area (Å²) in [4.78, 5) is 10.1. The van der Waals surface area contributed by atoms with Gasteiger partial charge in [0, 0.05) is 0 Å². The van der Waals surface area contributed by atoms with Crippen LogP contribution in [0.5, 0.6) is 0 Å². The molecular weight excluding hydrogens is 230 g/mol. The molecular formula is C7H6F6O2. The van der Waals surface area contributed by atoms with E-state index in [2.05, 4.69) is 6.58 Å². The summed E-state index contributed by atoms with van der Waals surface area (Å²) in [5.41, 5.74) is -6.39. The summed E-state index contributed by atoms with van der Waals surface area (Å²) < 4.78 is 73.0. The van der Waals surface area contributed by atoms with E-state index in [0.717, 1.165) is 0 Å². The van der Waals surface area contributed by atoms with Crippen LogP contribution in [-0.4, -0.2) is 23.4 Å². The highest BCUT2D eigenvalue weighted by molar-refractivity contribution is 5.87. The van der Waals surface area contributed by atoms with Crippen LogP contribution in [0.2, 0.25) is 0 Å². The van der Waals surface area contributed by atoms with Gasteiger partial charge in [-0.05, 0) is 6.92 Å². The average Bonchev–Trinajstić information content (AvgIpc) is 1.96. The van der Waals surface area contributed by atoms with Crippen LogP contribution in [-0.2, 0) is 4.79 Å². The molecule has 0 aliphatic heterocycles. The Hall–Kier alpha value is -1.21. The maximum Gasteiger partial charge on any atom is 0.407 e. The molecule has 0 saturated carbocycles. The van der Waals surface area contributed by atoms with E-state index in [1.165, 1.54) is 0 Å². The van der Waals surface area contributed by atoms with E-state index >= 15 is 0 Å². The van der Waals surface area contributed by atoms with E-state index in [-0.39, 0.29) is 6.92 Å². The molecule has 2 nitrogen and oxygen atoms in total. The van der Waals surface area contributed by atoms with Crippen LogP contribution in [0, 0.1) is 5.41 Å². The first kappa shape index (κ1) is 13.8. The molecule has 88 valence electrons. The number of carboxylic acid groups (broad SMARTS) is 1. The van der Waals surface area contributed by atoms with Crippen LogP contribution in [0.3, 0.4) is 0 Å².